The molecule has 1 aromatic heterocycles. The molecule has 1 N–H and O–H groups in total. The predicted octanol–water partition coefficient (Wildman–Crippen LogP) is 3.29. The molecule has 7 heteroatoms. The third-order valence-corrected chi connectivity index (χ3v) is 5.37. The van der Waals surface area contributed by atoms with Crippen molar-refractivity contribution in [2.24, 2.45) is 0 Å². The number of thioether (sulfide) groups is 1. The van der Waals surface area contributed by atoms with Gasteiger partial charge in [-0.15, -0.1) is 0 Å². The Labute approximate surface area is 155 Å². The molecule has 4 rings (SSSR count). The molecule has 0 unspecified atom stereocenters. The van der Waals surface area contributed by atoms with Crippen LogP contribution in [-0.4, -0.2) is 23.4 Å². The van der Waals surface area contributed by atoms with E-state index in [1.807, 2.05) is 6.07 Å². The van der Waals surface area contributed by atoms with Gasteiger partial charge in [0.15, 0.2) is 11.5 Å². The molecule has 0 saturated heterocycles. The molecule has 1 aliphatic heterocycles. The van der Waals surface area contributed by atoms with Crippen molar-refractivity contribution in [1.29, 1.82) is 5.26 Å². The largest absolute Gasteiger partial charge is 0.454 e. The number of carbonyl (C=O) groups is 1. The van der Waals surface area contributed by atoms with Gasteiger partial charge in [-0.1, -0.05) is 11.8 Å². The number of aryl methyl sites for hydroxylation is 2. The van der Waals surface area contributed by atoms with Crippen LogP contribution in [0.5, 0.6) is 11.5 Å². The number of nitriles is 1. The van der Waals surface area contributed by atoms with Gasteiger partial charge in [-0.2, -0.15) is 5.26 Å². The first-order valence-electron chi connectivity index (χ1n) is 8.48. The van der Waals surface area contributed by atoms with Gasteiger partial charge in [-0.05, 0) is 49.4 Å². The number of pyridine rings is 1. The van der Waals surface area contributed by atoms with Crippen molar-refractivity contribution in [2.45, 2.75) is 30.7 Å². The normalized spacial score (nSPS) is 14.4. The molecule has 2 aromatic rings. The van der Waals surface area contributed by atoms with Gasteiger partial charge >= 0.3 is 0 Å². The second kappa shape index (κ2) is 7.26. The summed E-state index contributed by atoms with van der Waals surface area (Å²) in [7, 11) is 0. The Morgan fingerprint density at radius 3 is 2.96 bits per heavy atom. The van der Waals surface area contributed by atoms with Crippen LogP contribution >= 0.6 is 11.8 Å². The van der Waals surface area contributed by atoms with E-state index in [4.69, 9.17) is 9.47 Å². The van der Waals surface area contributed by atoms with Crippen LogP contribution < -0.4 is 14.8 Å². The van der Waals surface area contributed by atoms with Crippen molar-refractivity contribution in [3.63, 3.8) is 0 Å². The quantitative estimate of drug-likeness (QED) is 0.835. The molecule has 1 aromatic carbocycles. The standard InChI is InChI=1S/C19H17N3O3S/c20-9-13-7-12-3-1-2-4-15(12)22-19(13)26-10-18(23)21-14-5-6-16-17(8-14)25-11-24-16/h5-8H,1-4,10-11H2,(H,21,23). The maximum absolute atomic E-state index is 12.3. The van der Waals surface area contributed by atoms with E-state index in [1.54, 1.807) is 18.2 Å². The summed E-state index contributed by atoms with van der Waals surface area (Å²) < 4.78 is 10.6. The number of amides is 1. The predicted molar refractivity (Wildman–Crippen MR) is 97.5 cm³/mol. The summed E-state index contributed by atoms with van der Waals surface area (Å²) in [6, 6.07) is 9.41. The topological polar surface area (TPSA) is 84.2 Å². The van der Waals surface area contributed by atoms with Crippen LogP contribution in [0.4, 0.5) is 5.69 Å². The summed E-state index contributed by atoms with van der Waals surface area (Å²) in [5.74, 6) is 1.33. The van der Waals surface area contributed by atoms with Crippen LogP contribution in [0.3, 0.4) is 0 Å². The molecule has 0 radical (unpaired) electrons. The average Bonchev–Trinajstić information content (AvgIpc) is 3.13. The lowest BCUT2D eigenvalue weighted by Crippen LogP contribution is -2.14. The second-order valence-corrected chi connectivity index (χ2v) is 7.13. The molecule has 0 bridgehead atoms. The second-order valence-electron chi connectivity index (χ2n) is 6.17. The monoisotopic (exact) mass is 367 g/mol. The van der Waals surface area contributed by atoms with E-state index < -0.39 is 0 Å². The van der Waals surface area contributed by atoms with Gasteiger partial charge in [0.1, 0.15) is 11.1 Å². The van der Waals surface area contributed by atoms with E-state index >= 15 is 0 Å². The summed E-state index contributed by atoms with van der Waals surface area (Å²) in [6.07, 6.45) is 4.19. The number of ether oxygens (including phenoxy) is 2. The summed E-state index contributed by atoms with van der Waals surface area (Å²) >= 11 is 1.30. The molecule has 2 aliphatic rings. The zero-order valence-electron chi connectivity index (χ0n) is 14.1. The smallest absolute Gasteiger partial charge is 0.234 e. The first-order chi connectivity index (χ1) is 12.7. The fourth-order valence-electron chi connectivity index (χ4n) is 3.11. The van der Waals surface area contributed by atoms with Gasteiger partial charge < -0.3 is 14.8 Å². The molecule has 0 fully saturated rings. The molecule has 1 amide bonds. The summed E-state index contributed by atoms with van der Waals surface area (Å²) in [5, 5.41) is 12.8. The lowest BCUT2D eigenvalue weighted by Gasteiger charge is -2.16. The highest BCUT2D eigenvalue weighted by Gasteiger charge is 2.17. The minimum Gasteiger partial charge on any atom is -0.454 e. The Morgan fingerprint density at radius 1 is 1.23 bits per heavy atom. The molecule has 132 valence electrons. The highest BCUT2D eigenvalue weighted by Crippen LogP contribution is 2.34. The molecule has 1 aliphatic carbocycles. The minimum absolute atomic E-state index is 0.155. The first kappa shape index (κ1) is 16.7. The molecule has 6 nitrogen and oxygen atoms in total. The van der Waals surface area contributed by atoms with E-state index in [2.05, 4.69) is 16.4 Å². The van der Waals surface area contributed by atoms with Gasteiger partial charge in [0.05, 0.1) is 11.3 Å². The number of hydrogen-bond acceptors (Lipinski definition) is 6. The van der Waals surface area contributed by atoms with Crippen LogP contribution in [0.25, 0.3) is 0 Å². The van der Waals surface area contributed by atoms with Crippen molar-refractivity contribution in [2.75, 3.05) is 17.9 Å². The van der Waals surface area contributed by atoms with Crippen LogP contribution in [0.15, 0.2) is 29.3 Å². The highest BCUT2D eigenvalue weighted by molar-refractivity contribution is 8.00. The fraction of sp³-hybridized carbons (Fsp3) is 0.316. The summed E-state index contributed by atoms with van der Waals surface area (Å²) in [5.41, 5.74) is 3.43. The summed E-state index contributed by atoms with van der Waals surface area (Å²) in [6.45, 7) is 0.198. The van der Waals surface area contributed by atoms with Gasteiger partial charge in [0.2, 0.25) is 12.7 Å². The van der Waals surface area contributed by atoms with Crippen molar-refractivity contribution in [1.82, 2.24) is 4.98 Å². The van der Waals surface area contributed by atoms with E-state index in [9.17, 15) is 10.1 Å². The van der Waals surface area contributed by atoms with E-state index in [1.165, 1.54) is 17.3 Å². The van der Waals surface area contributed by atoms with Crippen molar-refractivity contribution < 1.29 is 14.3 Å². The zero-order valence-corrected chi connectivity index (χ0v) is 14.9. The fourth-order valence-corrected chi connectivity index (χ4v) is 3.88. The number of hydrogen-bond donors (Lipinski definition) is 1. The number of rotatable bonds is 4. The van der Waals surface area contributed by atoms with E-state index in [0.29, 0.717) is 27.8 Å². The van der Waals surface area contributed by atoms with Crippen molar-refractivity contribution in [3.05, 3.63) is 41.1 Å². The number of nitrogens with one attached hydrogen (secondary N) is 1. The Morgan fingerprint density at radius 2 is 2.08 bits per heavy atom. The number of fused-ring (bicyclic) bond motifs is 2. The lowest BCUT2D eigenvalue weighted by molar-refractivity contribution is -0.113. The van der Waals surface area contributed by atoms with Crippen molar-refractivity contribution in [3.8, 4) is 17.6 Å². The number of nitrogens with zero attached hydrogens (tertiary/aromatic N) is 2. The Balaban J connectivity index is 1.42. The number of benzene rings is 1. The van der Waals surface area contributed by atoms with E-state index in [-0.39, 0.29) is 18.5 Å². The molecular formula is C19H17N3O3S. The number of anilines is 1. The van der Waals surface area contributed by atoms with E-state index in [0.717, 1.165) is 31.4 Å². The molecule has 2 heterocycles. The van der Waals surface area contributed by atoms with Gasteiger partial charge in [-0.3, -0.25) is 4.79 Å². The van der Waals surface area contributed by atoms with Crippen LogP contribution in [-0.2, 0) is 17.6 Å². The maximum atomic E-state index is 12.3. The molecule has 0 spiro atoms. The molecule has 0 atom stereocenters. The van der Waals surface area contributed by atoms with Gasteiger partial charge in [0, 0.05) is 17.4 Å². The third-order valence-electron chi connectivity index (χ3n) is 4.38. The number of carbonyl (C=O) groups excluding carboxylic acids is 1. The zero-order chi connectivity index (χ0) is 17.9. The first-order valence-corrected chi connectivity index (χ1v) is 9.46. The Hall–Kier alpha value is -2.72. The molecule has 0 saturated carbocycles. The Kier molecular flexibility index (Phi) is 4.67. The average molecular weight is 367 g/mol. The van der Waals surface area contributed by atoms with Gasteiger partial charge in [0.25, 0.3) is 0 Å². The van der Waals surface area contributed by atoms with Gasteiger partial charge in [-0.25, -0.2) is 4.98 Å². The molecule has 26 heavy (non-hydrogen) atoms. The Bertz CT molecular complexity index is 908. The van der Waals surface area contributed by atoms with Crippen LogP contribution in [0.2, 0.25) is 0 Å². The number of aromatic nitrogens is 1. The highest BCUT2D eigenvalue weighted by atomic mass is 32.2. The van der Waals surface area contributed by atoms with Crippen LogP contribution in [0, 0.1) is 11.3 Å². The maximum Gasteiger partial charge on any atom is 0.234 e. The van der Waals surface area contributed by atoms with Crippen molar-refractivity contribution >= 4 is 23.4 Å². The minimum atomic E-state index is -0.155. The SMILES string of the molecule is N#Cc1cc2c(nc1SCC(=O)Nc1ccc3c(c1)OCO3)CCCC2. The van der Waals surface area contributed by atoms with Crippen LogP contribution in [0.1, 0.15) is 29.7 Å². The third kappa shape index (κ3) is 3.46. The lowest BCUT2D eigenvalue weighted by atomic mass is 9.95. The summed E-state index contributed by atoms with van der Waals surface area (Å²) in [4.78, 5) is 16.9. The molecular weight excluding hydrogens is 350 g/mol.